The molecule has 0 radical (unpaired) electrons. The first-order valence-electron chi connectivity index (χ1n) is 7.30. The molecular formula is C16H24ClNO2. The Morgan fingerprint density at radius 2 is 2.15 bits per heavy atom. The summed E-state index contributed by atoms with van der Waals surface area (Å²) in [6, 6.07) is 7.28. The Bertz CT molecular complexity index is 409. The van der Waals surface area contributed by atoms with Gasteiger partial charge in [-0.2, -0.15) is 0 Å². The number of hydrogen-bond acceptors (Lipinski definition) is 3. The zero-order chi connectivity index (χ0) is 14.8. The summed E-state index contributed by atoms with van der Waals surface area (Å²) < 4.78 is 5.35. The molecule has 1 aromatic rings. The number of carbonyl (C=O) groups is 1. The maximum Gasteiger partial charge on any atom is 0.325 e. The van der Waals surface area contributed by atoms with Crippen LogP contribution in [0, 0.1) is 0 Å². The van der Waals surface area contributed by atoms with Gasteiger partial charge in [-0.15, -0.1) is 0 Å². The molecule has 1 rings (SSSR count). The molecule has 0 aromatic heterocycles. The van der Waals surface area contributed by atoms with Crippen LogP contribution < -0.4 is 5.32 Å². The van der Waals surface area contributed by atoms with Crippen LogP contribution in [-0.2, 0) is 9.53 Å². The lowest BCUT2D eigenvalue weighted by atomic mass is 10.1. The van der Waals surface area contributed by atoms with Gasteiger partial charge in [-0.05, 0) is 38.0 Å². The zero-order valence-corrected chi connectivity index (χ0v) is 13.1. The Kier molecular flexibility index (Phi) is 8.12. The first-order chi connectivity index (χ1) is 9.61. The Morgan fingerprint density at radius 1 is 1.35 bits per heavy atom. The number of unbranched alkanes of at least 4 members (excludes halogenated alkanes) is 3. The standard InChI is InChI=1S/C16H24ClNO2/c1-3-4-5-6-8-13(2)20-16(19)12-18-15-10-7-9-14(17)11-15/h7,9-11,13,18H,3-6,8,12H2,1-2H3. The Labute approximate surface area is 126 Å². The minimum Gasteiger partial charge on any atom is -0.461 e. The summed E-state index contributed by atoms with van der Waals surface area (Å²) in [5, 5.41) is 3.65. The van der Waals surface area contributed by atoms with E-state index in [1.54, 1.807) is 12.1 Å². The third-order valence-electron chi connectivity index (χ3n) is 3.06. The van der Waals surface area contributed by atoms with Crippen LogP contribution in [0.15, 0.2) is 24.3 Å². The van der Waals surface area contributed by atoms with Crippen molar-refractivity contribution in [3.8, 4) is 0 Å². The lowest BCUT2D eigenvalue weighted by Crippen LogP contribution is -2.22. The number of hydrogen-bond donors (Lipinski definition) is 1. The molecule has 0 saturated carbocycles. The number of carbonyl (C=O) groups excluding carboxylic acids is 1. The topological polar surface area (TPSA) is 38.3 Å². The van der Waals surface area contributed by atoms with E-state index in [1.165, 1.54) is 19.3 Å². The molecule has 0 saturated heterocycles. The number of rotatable bonds is 9. The number of halogens is 1. The summed E-state index contributed by atoms with van der Waals surface area (Å²) in [7, 11) is 0. The summed E-state index contributed by atoms with van der Waals surface area (Å²) in [6.07, 6.45) is 5.71. The molecular weight excluding hydrogens is 274 g/mol. The number of benzene rings is 1. The number of ether oxygens (including phenoxy) is 1. The largest absolute Gasteiger partial charge is 0.461 e. The average molecular weight is 298 g/mol. The van der Waals surface area contributed by atoms with Crippen molar-refractivity contribution < 1.29 is 9.53 Å². The molecule has 20 heavy (non-hydrogen) atoms. The van der Waals surface area contributed by atoms with Crippen LogP contribution in [0.2, 0.25) is 5.02 Å². The van der Waals surface area contributed by atoms with E-state index in [0.29, 0.717) is 5.02 Å². The molecule has 0 aliphatic heterocycles. The lowest BCUT2D eigenvalue weighted by molar-refractivity contribution is -0.146. The summed E-state index contributed by atoms with van der Waals surface area (Å²) in [5.74, 6) is -0.229. The Hall–Kier alpha value is -1.22. The molecule has 0 aliphatic carbocycles. The fourth-order valence-electron chi connectivity index (χ4n) is 1.96. The van der Waals surface area contributed by atoms with Gasteiger partial charge in [0.15, 0.2) is 0 Å². The third kappa shape index (κ3) is 7.39. The molecule has 0 spiro atoms. The van der Waals surface area contributed by atoms with Crippen molar-refractivity contribution in [1.29, 1.82) is 0 Å². The van der Waals surface area contributed by atoms with Gasteiger partial charge in [-0.25, -0.2) is 0 Å². The van der Waals surface area contributed by atoms with E-state index < -0.39 is 0 Å². The van der Waals surface area contributed by atoms with Crippen molar-refractivity contribution >= 4 is 23.3 Å². The van der Waals surface area contributed by atoms with Crippen LogP contribution in [-0.4, -0.2) is 18.6 Å². The van der Waals surface area contributed by atoms with Crippen LogP contribution >= 0.6 is 11.6 Å². The Morgan fingerprint density at radius 3 is 2.85 bits per heavy atom. The molecule has 0 aliphatic rings. The van der Waals surface area contributed by atoms with Gasteiger partial charge in [0.2, 0.25) is 0 Å². The second kappa shape index (κ2) is 9.65. The molecule has 0 amide bonds. The van der Waals surface area contributed by atoms with Gasteiger partial charge in [-0.3, -0.25) is 4.79 Å². The van der Waals surface area contributed by atoms with Gasteiger partial charge < -0.3 is 10.1 Å². The van der Waals surface area contributed by atoms with E-state index in [-0.39, 0.29) is 18.6 Å². The maximum atomic E-state index is 11.7. The third-order valence-corrected chi connectivity index (χ3v) is 3.29. The van der Waals surface area contributed by atoms with Crippen molar-refractivity contribution in [3.63, 3.8) is 0 Å². The van der Waals surface area contributed by atoms with Crippen molar-refractivity contribution in [2.75, 3.05) is 11.9 Å². The molecule has 1 unspecified atom stereocenters. The first-order valence-corrected chi connectivity index (χ1v) is 7.68. The number of nitrogens with one attached hydrogen (secondary N) is 1. The van der Waals surface area contributed by atoms with Crippen molar-refractivity contribution in [3.05, 3.63) is 29.3 Å². The van der Waals surface area contributed by atoms with Gasteiger partial charge in [0, 0.05) is 10.7 Å². The predicted octanol–water partition coefficient (Wildman–Crippen LogP) is 4.65. The smallest absolute Gasteiger partial charge is 0.325 e. The molecule has 3 nitrogen and oxygen atoms in total. The molecule has 4 heteroatoms. The highest BCUT2D eigenvalue weighted by Crippen LogP contribution is 2.14. The van der Waals surface area contributed by atoms with Gasteiger partial charge in [-0.1, -0.05) is 43.9 Å². The predicted molar refractivity (Wildman–Crippen MR) is 84.3 cm³/mol. The van der Waals surface area contributed by atoms with Crippen molar-refractivity contribution in [2.45, 2.75) is 52.1 Å². The van der Waals surface area contributed by atoms with Crippen LogP contribution in [0.5, 0.6) is 0 Å². The van der Waals surface area contributed by atoms with E-state index in [9.17, 15) is 4.79 Å². The van der Waals surface area contributed by atoms with Gasteiger partial charge >= 0.3 is 5.97 Å². The van der Waals surface area contributed by atoms with Gasteiger partial charge in [0.25, 0.3) is 0 Å². The average Bonchev–Trinajstić information content (AvgIpc) is 2.41. The van der Waals surface area contributed by atoms with Gasteiger partial charge in [0.05, 0.1) is 6.10 Å². The fourth-order valence-corrected chi connectivity index (χ4v) is 2.15. The summed E-state index contributed by atoms with van der Waals surface area (Å²) >= 11 is 5.87. The van der Waals surface area contributed by atoms with E-state index in [0.717, 1.165) is 18.5 Å². The maximum absolute atomic E-state index is 11.7. The van der Waals surface area contributed by atoms with E-state index in [2.05, 4.69) is 12.2 Å². The normalized spacial score (nSPS) is 11.9. The molecule has 1 aromatic carbocycles. The minimum atomic E-state index is -0.229. The van der Waals surface area contributed by atoms with Crippen molar-refractivity contribution in [2.24, 2.45) is 0 Å². The molecule has 1 atom stereocenters. The highest BCUT2D eigenvalue weighted by Gasteiger charge is 2.09. The molecule has 1 N–H and O–H groups in total. The quantitative estimate of drug-likeness (QED) is 0.532. The second-order valence-electron chi connectivity index (χ2n) is 5.01. The van der Waals surface area contributed by atoms with Crippen LogP contribution in [0.4, 0.5) is 5.69 Å². The number of anilines is 1. The molecule has 112 valence electrons. The highest BCUT2D eigenvalue weighted by atomic mass is 35.5. The fraction of sp³-hybridized carbons (Fsp3) is 0.562. The zero-order valence-electron chi connectivity index (χ0n) is 12.3. The molecule has 0 heterocycles. The lowest BCUT2D eigenvalue weighted by Gasteiger charge is -2.14. The second-order valence-corrected chi connectivity index (χ2v) is 5.45. The minimum absolute atomic E-state index is 0.0134. The molecule has 0 bridgehead atoms. The van der Waals surface area contributed by atoms with Crippen LogP contribution in [0.25, 0.3) is 0 Å². The highest BCUT2D eigenvalue weighted by molar-refractivity contribution is 6.30. The number of esters is 1. The summed E-state index contributed by atoms with van der Waals surface area (Å²) in [4.78, 5) is 11.7. The first kappa shape index (κ1) is 16.8. The summed E-state index contributed by atoms with van der Waals surface area (Å²) in [6.45, 7) is 4.30. The van der Waals surface area contributed by atoms with E-state index in [1.807, 2.05) is 19.1 Å². The summed E-state index contributed by atoms with van der Waals surface area (Å²) in [5.41, 5.74) is 0.824. The molecule has 0 fully saturated rings. The Balaban J connectivity index is 2.19. The van der Waals surface area contributed by atoms with E-state index in [4.69, 9.17) is 16.3 Å². The SMILES string of the molecule is CCCCCCC(C)OC(=O)CNc1cccc(Cl)c1. The monoisotopic (exact) mass is 297 g/mol. The van der Waals surface area contributed by atoms with Gasteiger partial charge in [0.1, 0.15) is 6.54 Å². The van der Waals surface area contributed by atoms with Crippen molar-refractivity contribution in [1.82, 2.24) is 0 Å². The van der Waals surface area contributed by atoms with Crippen LogP contribution in [0.3, 0.4) is 0 Å². The van der Waals surface area contributed by atoms with E-state index >= 15 is 0 Å². The van der Waals surface area contributed by atoms with Crippen LogP contribution in [0.1, 0.15) is 46.0 Å².